The number of carbonyl (C=O) groups is 3. The highest BCUT2D eigenvalue weighted by atomic mass is 35.5. The van der Waals surface area contributed by atoms with E-state index in [4.69, 9.17) is 37.8 Å². The van der Waals surface area contributed by atoms with Gasteiger partial charge in [0.05, 0.1) is 40.7 Å². The minimum Gasteiger partial charge on any atom is -0.494 e. The molecule has 0 bridgehead atoms. The topological polar surface area (TPSA) is 116 Å². The lowest BCUT2D eigenvalue weighted by Crippen LogP contribution is -2.45. The van der Waals surface area contributed by atoms with Crippen LogP contribution in [0.5, 0.6) is 11.5 Å². The predicted molar refractivity (Wildman–Crippen MR) is 186 cm³/mol. The Balaban J connectivity index is 1.19. The zero-order chi connectivity index (χ0) is 34.2. The number of rotatable bonds is 9. The van der Waals surface area contributed by atoms with Crippen LogP contribution in [0, 0.1) is 5.92 Å². The molecule has 4 unspecified atom stereocenters. The lowest BCUT2D eigenvalue weighted by molar-refractivity contribution is -0.136. The molecule has 13 heteroatoms. The van der Waals surface area contributed by atoms with Gasteiger partial charge in [-0.05, 0) is 92.3 Å². The minimum absolute atomic E-state index is 0.0508. The Morgan fingerprint density at radius 3 is 2.20 bits per heavy atom. The molecule has 3 amide bonds. The van der Waals surface area contributed by atoms with Crippen LogP contribution in [-0.2, 0) is 14.4 Å². The van der Waals surface area contributed by atoms with Crippen molar-refractivity contribution in [2.75, 3.05) is 24.7 Å². The molecule has 49 heavy (non-hydrogen) atoms. The summed E-state index contributed by atoms with van der Waals surface area (Å²) in [6.07, 6.45) is 4.72. The number of nitrogens with zero attached hydrogens (tertiary/aromatic N) is 6. The first kappa shape index (κ1) is 32.8. The number of benzene rings is 3. The van der Waals surface area contributed by atoms with Crippen LogP contribution in [0.25, 0.3) is 6.08 Å². The van der Waals surface area contributed by atoms with E-state index >= 15 is 0 Å². The summed E-state index contributed by atoms with van der Waals surface area (Å²) < 4.78 is 11.3. The number of amides is 3. The Labute approximate surface area is 293 Å². The van der Waals surface area contributed by atoms with Crippen LogP contribution in [0.3, 0.4) is 0 Å². The predicted octanol–water partition coefficient (Wildman–Crippen LogP) is 6.91. The number of allylic oxidation sites excluding steroid dienone is 1. The number of para-hydroxylation sites is 1. The van der Waals surface area contributed by atoms with E-state index in [2.05, 4.69) is 16.4 Å². The Kier molecular flexibility index (Phi) is 9.13. The molecule has 0 N–H and O–H groups in total. The number of halogens is 2. The lowest BCUT2D eigenvalue weighted by atomic mass is 9.77. The summed E-state index contributed by atoms with van der Waals surface area (Å²) in [4.78, 5) is 42.3. The van der Waals surface area contributed by atoms with Crippen LogP contribution in [0.15, 0.2) is 87.7 Å². The largest absolute Gasteiger partial charge is 0.494 e. The van der Waals surface area contributed by atoms with Gasteiger partial charge in [0.1, 0.15) is 18.0 Å². The van der Waals surface area contributed by atoms with Crippen LogP contribution in [0.2, 0.25) is 10.0 Å². The maximum atomic E-state index is 14.3. The summed E-state index contributed by atoms with van der Waals surface area (Å²) in [5, 5.41) is 16.3. The van der Waals surface area contributed by atoms with Crippen LogP contribution < -0.4 is 14.4 Å². The first-order chi connectivity index (χ1) is 23.8. The number of anilines is 1. The van der Waals surface area contributed by atoms with Crippen molar-refractivity contribution in [1.29, 1.82) is 0 Å². The molecule has 1 saturated carbocycles. The van der Waals surface area contributed by atoms with Gasteiger partial charge < -0.3 is 9.47 Å². The zero-order valence-electron chi connectivity index (χ0n) is 27.0. The van der Waals surface area contributed by atoms with Gasteiger partial charge in [-0.1, -0.05) is 58.8 Å². The van der Waals surface area contributed by atoms with Crippen molar-refractivity contribution < 1.29 is 23.9 Å². The highest BCUT2D eigenvalue weighted by molar-refractivity contribution is 6.42. The molecular weight excluding hydrogens is 667 g/mol. The number of hydrogen-bond donors (Lipinski definition) is 0. The zero-order valence-corrected chi connectivity index (χ0v) is 28.5. The Morgan fingerprint density at radius 2 is 1.55 bits per heavy atom. The first-order valence-corrected chi connectivity index (χ1v) is 17.1. The fourth-order valence-electron chi connectivity index (χ4n) is 6.98. The van der Waals surface area contributed by atoms with E-state index in [0.29, 0.717) is 13.2 Å². The first-order valence-electron chi connectivity index (χ1n) is 16.3. The van der Waals surface area contributed by atoms with E-state index < -0.39 is 29.9 Å². The van der Waals surface area contributed by atoms with E-state index in [1.807, 2.05) is 62.4 Å². The molecule has 11 nitrogen and oxygen atoms in total. The van der Waals surface area contributed by atoms with Crippen LogP contribution in [-0.4, -0.2) is 65.3 Å². The number of hydrogen-bond acceptors (Lipinski definition) is 9. The Bertz CT molecular complexity index is 1860. The molecule has 252 valence electrons. The third-order valence-electron chi connectivity index (χ3n) is 9.14. The molecule has 0 aromatic heterocycles. The second-order valence-electron chi connectivity index (χ2n) is 12.1. The summed E-state index contributed by atoms with van der Waals surface area (Å²) >= 11 is 12.7. The fraction of sp³-hybridized carbons (Fsp3) is 0.333. The van der Waals surface area contributed by atoms with Gasteiger partial charge in [0.2, 0.25) is 0 Å². The molecule has 3 aromatic rings. The third-order valence-corrected chi connectivity index (χ3v) is 9.75. The van der Waals surface area contributed by atoms with E-state index in [1.165, 1.54) is 10.0 Å². The van der Waals surface area contributed by atoms with Crippen LogP contribution in [0.4, 0.5) is 5.69 Å². The average molecular weight is 702 g/mol. The maximum Gasteiger partial charge on any atom is 0.264 e. The molecule has 0 spiro atoms. The van der Waals surface area contributed by atoms with Crippen molar-refractivity contribution >= 4 is 58.4 Å². The molecule has 4 atom stereocenters. The highest BCUT2D eigenvalue weighted by Crippen LogP contribution is 2.45. The van der Waals surface area contributed by atoms with Gasteiger partial charge in [0, 0.05) is 5.92 Å². The number of ether oxygens (including phenoxy) is 2. The van der Waals surface area contributed by atoms with Gasteiger partial charge >= 0.3 is 0 Å². The fourth-order valence-corrected chi connectivity index (χ4v) is 7.55. The van der Waals surface area contributed by atoms with Crippen molar-refractivity contribution in [1.82, 2.24) is 10.0 Å². The maximum absolute atomic E-state index is 14.3. The van der Waals surface area contributed by atoms with Crippen molar-refractivity contribution in [2.24, 2.45) is 21.4 Å². The van der Waals surface area contributed by atoms with E-state index in [1.54, 1.807) is 18.2 Å². The highest BCUT2D eigenvalue weighted by Gasteiger charge is 2.56. The molecule has 4 aliphatic rings. The van der Waals surface area contributed by atoms with Gasteiger partial charge in [-0.25, -0.2) is 9.91 Å². The minimum atomic E-state index is -1.12. The number of fused-ring (bicyclic) bond motifs is 2. The smallest absolute Gasteiger partial charge is 0.264 e. The van der Waals surface area contributed by atoms with Crippen LogP contribution in [0.1, 0.15) is 50.3 Å². The van der Waals surface area contributed by atoms with Crippen molar-refractivity contribution in [3.05, 3.63) is 93.5 Å². The van der Waals surface area contributed by atoms with Crippen LogP contribution >= 0.6 is 23.2 Å². The molecule has 3 aliphatic heterocycles. The quantitative estimate of drug-likeness (QED) is 0.224. The van der Waals surface area contributed by atoms with Gasteiger partial charge in [0.25, 0.3) is 17.7 Å². The van der Waals surface area contributed by atoms with Crippen molar-refractivity contribution in [2.45, 2.75) is 51.2 Å². The average Bonchev–Trinajstić information content (AvgIpc) is 3.76. The SMILES string of the molecule is CCOc1ccc(C=C2CCCC3C2=NN(C(=O)CN2N=NC4C(=O)N(c5c(Cl)cccc5Cl)C(=O)C42)C3c2ccc(OCC)cc2)cc1. The van der Waals surface area contributed by atoms with Gasteiger partial charge in [-0.2, -0.15) is 10.2 Å². The lowest BCUT2D eigenvalue weighted by Gasteiger charge is -2.30. The summed E-state index contributed by atoms with van der Waals surface area (Å²) in [6, 6.07) is 17.7. The summed E-state index contributed by atoms with van der Waals surface area (Å²) in [5.74, 6) is -0.0988. The van der Waals surface area contributed by atoms with Gasteiger partial charge in [-0.15, -0.1) is 0 Å². The molecule has 7 rings (SSSR count). The molecule has 3 heterocycles. The molecule has 1 aliphatic carbocycles. The number of carbonyl (C=O) groups excluding carboxylic acids is 3. The van der Waals surface area contributed by atoms with Gasteiger partial charge in [0.15, 0.2) is 12.1 Å². The number of hydrazone groups is 1. The van der Waals surface area contributed by atoms with E-state index in [-0.39, 0.29) is 34.1 Å². The molecular formula is C36H34Cl2N6O5. The monoisotopic (exact) mass is 700 g/mol. The Morgan fingerprint density at radius 1 is 0.898 bits per heavy atom. The Hall–Kier alpha value is -4.74. The van der Waals surface area contributed by atoms with Crippen molar-refractivity contribution in [3.8, 4) is 11.5 Å². The second-order valence-corrected chi connectivity index (χ2v) is 12.9. The second kappa shape index (κ2) is 13.6. The normalized spacial score (nSPS) is 23.6. The standard InChI is InChI=1S/C36H34Cl2N6O5/c1-3-48-24-15-11-21(12-16-24)19-23-7-5-8-26-30(23)40-44(32(26)22-13-17-25(18-14-22)49-4-2)29(45)20-42-34-31(39-41-42)35(46)43(36(34)47)33-27(37)9-6-10-28(33)38/h6,9-19,26,31-32,34H,3-5,7-8,20H2,1-2H3. The summed E-state index contributed by atoms with van der Waals surface area (Å²) in [5.41, 5.74) is 3.95. The molecule has 2 fully saturated rings. The van der Waals surface area contributed by atoms with E-state index in [0.717, 1.165) is 58.1 Å². The van der Waals surface area contributed by atoms with E-state index in [9.17, 15) is 14.4 Å². The third kappa shape index (κ3) is 6.06. The molecule has 0 radical (unpaired) electrons. The molecule has 3 aromatic carbocycles. The summed E-state index contributed by atoms with van der Waals surface area (Å²) in [7, 11) is 0. The van der Waals surface area contributed by atoms with Crippen molar-refractivity contribution in [3.63, 3.8) is 0 Å². The molecule has 1 saturated heterocycles. The van der Waals surface area contributed by atoms with Gasteiger partial charge in [-0.3, -0.25) is 19.4 Å². The number of imide groups is 1. The summed E-state index contributed by atoms with van der Waals surface area (Å²) in [6.45, 7) is 4.69.